The zero-order valence-corrected chi connectivity index (χ0v) is 15.4. The average Bonchev–Trinajstić information content (AvgIpc) is 2.59. The van der Waals surface area contributed by atoms with Crippen molar-refractivity contribution < 1.29 is 13.2 Å². The van der Waals surface area contributed by atoms with Crippen molar-refractivity contribution in [2.75, 3.05) is 18.8 Å². The Morgan fingerprint density at radius 1 is 1.08 bits per heavy atom. The van der Waals surface area contributed by atoms with Gasteiger partial charge in [0, 0.05) is 31.1 Å². The predicted octanol–water partition coefficient (Wildman–Crippen LogP) is 2.94. The summed E-state index contributed by atoms with van der Waals surface area (Å²) >= 11 is 5.81. The molecule has 1 fully saturated rings. The van der Waals surface area contributed by atoms with E-state index in [-0.39, 0.29) is 11.7 Å². The molecule has 2 rings (SSSR count). The molecule has 0 saturated carbocycles. The van der Waals surface area contributed by atoms with E-state index in [4.69, 9.17) is 11.6 Å². The van der Waals surface area contributed by atoms with E-state index in [1.807, 2.05) is 12.1 Å². The Morgan fingerprint density at radius 2 is 1.75 bits per heavy atom. The largest absolute Gasteiger partial charge is 0.352 e. The van der Waals surface area contributed by atoms with Gasteiger partial charge in [-0.2, -0.15) is 0 Å². The Morgan fingerprint density at radius 3 is 2.42 bits per heavy atom. The van der Waals surface area contributed by atoms with Crippen LogP contribution in [0.25, 0.3) is 0 Å². The molecule has 1 aromatic rings. The lowest BCUT2D eigenvalue weighted by atomic mass is 10.2. The SMILES string of the molecule is O=C(CCCCS(=O)(=O)N1CCCCC1)NCc1ccc(Cl)cc1. The highest BCUT2D eigenvalue weighted by molar-refractivity contribution is 7.89. The Hall–Kier alpha value is -1.11. The second-order valence-corrected chi connectivity index (χ2v) is 8.66. The summed E-state index contributed by atoms with van der Waals surface area (Å²) in [5, 5.41) is 3.50. The molecule has 0 radical (unpaired) electrons. The zero-order chi connectivity index (χ0) is 17.4. The minimum absolute atomic E-state index is 0.0553. The van der Waals surface area contributed by atoms with Gasteiger partial charge in [0.1, 0.15) is 0 Å². The van der Waals surface area contributed by atoms with Crippen LogP contribution in [-0.4, -0.2) is 37.5 Å². The third-order valence-corrected chi connectivity index (χ3v) is 6.38. The van der Waals surface area contributed by atoms with Gasteiger partial charge >= 0.3 is 0 Å². The summed E-state index contributed by atoms with van der Waals surface area (Å²) < 4.78 is 26.0. The molecule has 7 heteroatoms. The molecule has 134 valence electrons. The zero-order valence-electron chi connectivity index (χ0n) is 13.8. The molecule has 1 aliphatic rings. The summed E-state index contributed by atoms with van der Waals surface area (Å²) in [4.78, 5) is 11.8. The molecule has 0 unspecified atom stereocenters. The number of hydrogen-bond donors (Lipinski definition) is 1. The maximum atomic E-state index is 12.2. The highest BCUT2D eigenvalue weighted by Crippen LogP contribution is 2.15. The fraction of sp³-hybridized carbons (Fsp3) is 0.588. The van der Waals surface area contributed by atoms with Crippen LogP contribution in [0.5, 0.6) is 0 Å². The first-order chi connectivity index (χ1) is 11.5. The Labute approximate surface area is 149 Å². The molecule has 24 heavy (non-hydrogen) atoms. The monoisotopic (exact) mass is 372 g/mol. The smallest absolute Gasteiger partial charge is 0.220 e. The normalized spacial score (nSPS) is 16.0. The Balaban J connectivity index is 1.62. The number of carbonyl (C=O) groups is 1. The summed E-state index contributed by atoms with van der Waals surface area (Å²) in [5.74, 6) is 0.0811. The molecule has 1 amide bonds. The highest BCUT2D eigenvalue weighted by atomic mass is 35.5. The van der Waals surface area contributed by atoms with Crippen molar-refractivity contribution in [2.45, 2.75) is 45.1 Å². The van der Waals surface area contributed by atoms with E-state index in [0.29, 0.717) is 43.9 Å². The molecule has 1 heterocycles. The Kier molecular flexibility index (Phi) is 7.52. The maximum absolute atomic E-state index is 12.2. The van der Waals surface area contributed by atoms with E-state index in [9.17, 15) is 13.2 Å². The molecule has 1 aliphatic heterocycles. The van der Waals surface area contributed by atoms with Crippen molar-refractivity contribution in [1.29, 1.82) is 0 Å². The van der Waals surface area contributed by atoms with Crippen molar-refractivity contribution in [3.63, 3.8) is 0 Å². The summed E-state index contributed by atoms with van der Waals surface area (Å²) in [6.45, 7) is 1.75. The Bertz CT molecular complexity index is 626. The molecule has 5 nitrogen and oxygen atoms in total. The first-order valence-electron chi connectivity index (χ1n) is 8.46. The number of halogens is 1. The predicted molar refractivity (Wildman–Crippen MR) is 96.4 cm³/mol. The number of carbonyl (C=O) groups excluding carboxylic acids is 1. The number of nitrogens with one attached hydrogen (secondary N) is 1. The molecule has 0 bridgehead atoms. The molecule has 0 spiro atoms. The van der Waals surface area contributed by atoms with E-state index in [1.54, 1.807) is 16.4 Å². The summed E-state index contributed by atoms with van der Waals surface area (Å²) in [7, 11) is -3.15. The van der Waals surface area contributed by atoms with Crippen molar-refractivity contribution in [3.05, 3.63) is 34.9 Å². The van der Waals surface area contributed by atoms with Gasteiger partial charge in [-0.1, -0.05) is 30.2 Å². The van der Waals surface area contributed by atoms with Crippen LogP contribution in [0.15, 0.2) is 24.3 Å². The first kappa shape index (κ1) is 19.2. The third kappa shape index (κ3) is 6.42. The number of benzene rings is 1. The number of hydrogen-bond acceptors (Lipinski definition) is 3. The standard InChI is InChI=1S/C17H25ClN2O3S/c18-16-9-7-15(8-10-16)14-19-17(21)6-2-5-13-24(22,23)20-11-3-1-4-12-20/h7-10H,1-6,11-14H2,(H,19,21). The number of sulfonamides is 1. The molecule has 1 N–H and O–H groups in total. The van der Waals surface area contributed by atoms with E-state index in [0.717, 1.165) is 24.8 Å². The molecular formula is C17H25ClN2O3S. The lowest BCUT2D eigenvalue weighted by Gasteiger charge is -2.25. The minimum Gasteiger partial charge on any atom is -0.352 e. The lowest BCUT2D eigenvalue weighted by molar-refractivity contribution is -0.121. The van der Waals surface area contributed by atoms with Crippen LogP contribution in [0, 0.1) is 0 Å². The molecule has 1 saturated heterocycles. The van der Waals surface area contributed by atoms with Crippen LogP contribution in [-0.2, 0) is 21.4 Å². The van der Waals surface area contributed by atoms with Gasteiger partial charge in [0.05, 0.1) is 5.75 Å². The van der Waals surface area contributed by atoms with Gasteiger partial charge in [-0.15, -0.1) is 0 Å². The maximum Gasteiger partial charge on any atom is 0.220 e. The van der Waals surface area contributed by atoms with Crippen LogP contribution in [0.2, 0.25) is 5.02 Å². The van der Waals surface area contributed by atoms with Crippen LogP contribution in [0.1, 0.15) is 44.1 Å². The quantitative estimate of drug-likeness (QED) is 0.713. The second-order valence-electron chi connectivity index (χ2n) is 6.14. The van der Waals surface area contributed by atoms with Gasteiger partial charge in [-0.05, 0) is 43.4 Å². The third-order valence-electron chi connectivity index (χ3n) is 4.17. The van der Waals surface area contributed by atoms with Crippen LogP contribution in [0.3, 0.4) is 0 Å². The minimum atomic E-state index is -3.15. The summed E-state index contributed by atoms with van der Waals surface area (Å²) in [5.41, 5.74) is 0.987. The van der Waals surface area contributed by atoms with Gasteiger partial charge in [0.2, 0.25) is 15.9 Å². The van der Waals surface area contributed by atoms with Gasteiger partial charge in [0.15, 0.2) is 0 Å². The van der Waals surface area contributed by atoms with E-state index in [2.05, 4.69) is 5.32 Å². The number of amides is 1. The fourth-order valence-electron chi connectivity index (χ4n) is 2.73. The molecule has 1 aromatic carbocycles. The number of rotatable bonds is 8. The van der Waals surface area contributed by atoms with Crippen molar-refractivity contribution in [3.8, 4) is 0 Å². The van der Waals surface area contributed by atoms with Crippen LogP contribution >= 0.6 is 11.6 Å². The first-order valence-corrected chi connectivity index (χ1v) is 10.4. The molecular weight excluding hydrogens is 348 g/mol. The van der Waals surface area contributed by atoms with E-state index >= 15 is 0 Å². The van der Waals surface area contributed by atoms with Gasteiger partial charge in [0.25, 0.3) is 0 Å². The highest BCUT2D eigenvalue weighted by Gasteiger charge is 2.23. The summed E-state index contributed by atoms with van der Waals surface area (Å²) in [6, 6.07) is 7.31. The second kappa shape index (κ2) is 9.39. The van der Waals surface area contributed by atoms with Crippen molar-refractivity contribution >= 4 is 27.5 Å². The lowest BCUT2D eigenvalue weighted by Crippen LogP contribution is -2.37. The fourth-order valence-corrected chi connectivity index (χ4v) is 4.50. The van der Waals surface area contributed by atoms with Crippen molar-refractivity contribution in [1.82, 2.24) is 9.62 Å². The van der Waals surface area contributed by atoms with Gasteiger partial charge in [-0.25, -0.2) is 12.7 Å². The number of nitrogens with zero attached hydrogens (tertiary/aromatic N) is 1. The average molecular weight is 373 g/mol. The molecule has 0 atom stereocenters. The van der Waals surface area contributed by atoms with Crippen LogP contribution in [0.4, 0.5) is 0 Å². The topological polar surface area (TPSA) is 66.5 Å². The van der Waals surface area contributed by atoms with E-state index < -0.39 is 10.0 Å². The number of piperidine rings is 1. The molecule has 0 aliphatic carbocycles. The van der Waals surface area contributed by atoms with Gasteiger partial charge in [-0.3, -0.25) is 4.79 Å². The van der Waals surface area contributed by atoms with Crippen molar-refractivity contribution in [2.24, 2.45) is 0 Å². The van der Waals surface area contributed by atoms with Crippen LogP contribution < -0.4 is 5.32 Å². The van der Waals surface area contributed by atoms with Gasteiger partial charge < -0.3 is 5.32 Å². The number of unbranched alkanes of at least 4 members (excludes halogenated alkanes) is 1. The summed E-state index contributed by atoms with van der Waals surface area (Å²) in [6.07, 6.45) is 4.47. The van der Waals surface area contributed by atoms with E-state index in [1.165, 1.54) is 0 Å². The molecule has 0 aromatic heterocycles.